The van der Waals surface area contributed by atoms with Crippen LogP contribution in [0.5, 0.6) is 0 Å². The van der Waals surface area contributed by atoms with Gasteiger partial charge in [-0.3, -0.25) is 4.79 Å². The third-order valence-electron chi connectivity index (χ3n) is 3.33. The average Bonchev–Trinajstić information content (AvgIpc) is 2.36. The Morgan fingerprint density at radius 2 is 2.16 bits per heavy atom. The summed E-state index contributed by atoms with van der Waals surface area (Å²) in [6.07, 6.45) is 1.62. The van der Waals surface area contributed by atoms with Crippen molar-refractivity contribution in [1.29, 1.82) is 0 Å². The summed E-state index contributed by atoms with van der Waals surface area (Å²) in [7, 11) is -3.87. The molecule has 7 nitrogen and oxygen atoms in total. The molecule has 0 saturated carbocycles. The van der Waals surface area contributed by atoms with Gasteiger partial charge < -0.3 is 15.4 Å². The number of nitrogens with one attached hydrogen (secondary N) is 2. The highest BCUT2D eigenvalue weighted by atomic mass is 32.2. The lowest BCUT2D eigenvalue weighted by molar-refractivity contribution is 0.195. The summed E-state index contributed by atoms with van der Waals surface area (Å²) < 4.78 is 27.8. The highest BCUT2D eigenvalue weighted by Gasteiger charge is 2.35. The fourth-order valence-corrected chi connectivity index (χ4v) is 2.90. The zero-order chi connectivity index (χ0) is 14.3. The molecule has 19 heavy (non-hydrogen) atoms. The van der Waals surface area contributed by atoms with E-state index in [0.29, 0.717) is 6.42 Å². The highest BCUT2D eigenvalue weighted by Crippen LogP contribution is 2.31. The van der Waals surface area contributed by atoms with E-state index < -0.39 is 21.0 Å². The monoisotopic (exact) mass is 285 g/mol. The summed E-state index contributed by atoms with van der Waals surface area (Å²) in [5.41, 5.74) is -1.03. The summed E-state index contributed by atoms with van der Waals surface area (Å²) in [5, 5.41) is 12.3. The van der Waals surface area contributed by atoms with E-state index in [-0.39, 0.29) is 23.0 Å². The number of sulfonamides is 1. The Morgan fingerprint density at radius 1 is 1.47 bits per heavy atom. The summed E-state index contributed by atoms with van der Waals surface area (Å²) in [6.45, 7) is 3.27. The Labute approximate surface area is 110 Å². The van der Waals surface area contributed by atoms with Crippen LogP contribution in [0.1, 0.15) is 20.3 Å². The first-order valence-corrected chi connectivity index (χ1v) is 7.22. The molecule has 1 aliphatic heterocycles. The number of hydrogen-bond donors (Lipinski definition) is 3. The van der Waals surface area contributed by atoms with Gasteiger partial charge in [-0.05, 0) is 6.42 Å². The SMILES string of the molecule is CCC(C)(CO)C1=NS(=O)(=O)c2c[nH]c(=O)cc2N1. The Morgan fingerprint density at radius 3 is 2.74 bits per heavy atom. The molecule has 0 aliphatic carbocycles. The molecule has 3 N–H and O–H groups in total. The van der Waals surface area contributed by atoms with E-state index in [1.165, 1.54) is 0 Å². The van der Waals surface area contributed by atoms with Crippen LogP contribution in [0.25, 0.3) is 0 Å². The quantitative estimate of drug-likeness (QED) is 0.739. The number of aromatic amines is 1. The van der Waals surface area contributed by atoms with Gasteiger partial charge in [-0.15, -0.1) is 4.40 Å². The molecule has 0 spiro atoms. The Balaban J connectivity index is 2.61. The third kappa shape index (κ3) is 2.28. The van der Waals surface area contributed by atoms with Gasteiger partial charge in [0.2, 0.25) is 5.56 Å². The van der Waals surface area contributed by atoms with Gasteiger partial charge in [-0.2, -0.15) is 8.42 Å². The number of fused-ring (bicyclic) bond motifs is 1. The van der Waals surface area contributed by atoms with Crippen molar-refractivity contribution in [2.45, 2.75) is 25.2 Å². The molecule has 1 unspecified atom stereocenters. The molecule has 0 bridgehead atoms. The van der Waals surface area contributed by atoms with Crippen LogP contribution in [0.15, 0.2) is 26.4 Å². The molecule has 0 saturated heterocycles. The molecule has 1 aliphatic rings. The third-order valence-corrected chi connectivity index (χ3v) is 4.65. The predicted octanol–water partition coefficient (Wildman–Crippen LogP) is 0.296. The van der Waals surface area contributed by atoms with Crippen molar-refractivity contribution in [2.75, 3.05) is 11.9 Å². The largest absolute Gasteiger partial charge is 0.395 e. The van der Waals surface area contributed by atoms with E-state index in [2.05, 4.69) is 14.7 Å². The number of pyridine rings is 1. The van der Waals surface area contributed by atoms with Crippen molar-refractivity contribution in [3.05, 3.63) is 22.6 Å². The Kier molecular flexibility index (Phi) is 3.23. The van der Waals surface area contributed by atoms with E-state index in [1.807, 2.05) is 6.92 Å². The first-order valence-electron chi connectivity index (χ1n) is 5.78. The minimum Gasteiger partial charge on any atom is -0.395 e. The first-order chi connectivity index (χ1) is 8.82. The molecule has 0 amide bonds. The smallest absolute Gasteiger partial charge is 0.287 e. The van der Waals surface area contributed by atoms with Gasteiger partial charge in [-0.25, -0.2) is 0 Å². The molecule has 0 radical (unpaired) electrons. The van der Waals surface area contributed by atoms with Gasteiger partial charge in [-0.1, -0.05) is 13.8 Å². The van der Waals surface area contributed by atoms with Gasteiger partial charge in [0.05, 0.1) is 12.3 Å². The molecule has 2 rings (SSSR count). The van der Waals surface area contributed by atoms with Crippen LogP contribution in [0.4, 0.5) is 5.69 Å². The molecule has 2 heterocycles. The normalized spacial score (nSPS) is 19.8. The predicted molar refractivity (Wildman–Crippen MR) is 70.8 cm³/mol. The zero-order valence-electron chi connectivity index (χ0n) is 10.6. The number of hydrogen-bond acceptors (Lipinski definition) is 5. The molecular weight excluding hydrogens is 270 g/mol. The van der Waals surface area contributed by atoms with Crippen LogP contribution >= 0.6 is 0 Å². The van der Waals surface area contributed by atoms with E-state index in [4.69, 9.17) is 0 Å². The highest BCUT2D eigenvalue weighted by molar-refractivity contribution is 7.90. The summed E-state index contributed by atoms with van der Waals surface area (Å²) >= 11 is 0. The molecule has 8 heteroatoms. The van der Waals surface area contributed by atoms with Crippen LogP contribution in [0, 0.1) is 5.41 Å². The van der Waals surface area contributed by atoms with E-state index in [0.717, 1.165) is 12.3 Å². The van der Waals surface area contributed by atoms with Gasteiger partial charge in [0.25, 0.3) is 10.0 Å². The second kappa shape index (κ2) is 4.46. The zero-order valence-corrected chi connectivity index (χ0v) is 11.4. The maximum Gasteiger partial charge on any atom is 0.287 e. The molecule has 104 valence electrons. The lowest BCUT2D eigenvalue weighted by Crippen LogP contribution is -2.39. The number of rotatable bonds is 3. The number of aliphatic hydroxyl groups excluding tert-OH is 1. The average molecular weight is 285 g/mol. The minimum absolute atomic E-state index is 0.0766. The second-order valence-corrected chi connectivity index (χ2v) is 6.26. The molecule has 1 aromatic rings. The van der Waals surface area contributed by atoms with E-state index >= 15 is 0 Å². The maximum atomic E-state index is 12.0. The Bertz CT molecular complexity index is 686. The van der Waals surface area contributed by atoms with Gasteiger partial charge in [0.1, 0.15) is 10.7 Å². The fourth-order valence-electron chi connectivity index (χ4n) is 1.70. The topological polar surface area (TPSA) is 112 Å². The number of nitrogens with zero attached hydrogens (tertiary/aromatic N) is 1. The minimum atomic E-state index is -3.87. The van der Waals surface area contributed by atoms with E-state index in [9.17, 15) is 18.3 Å². The van der Waals surface area contributed by atoms with Crippen molar-refractivity contribution in [2.24, 2.45) is 9.81 Å². The molecule has 1 atom stereocenters. The summed E-state index contributed by atoms with van der Waals surface area (Å²) in [5.74, 6) is 0.149. The van der Waals surface area contributed by atoms with Crippen molar-refractivity contribution in [1.82, 2.24) is 4.98 Å². The van der Waals surface area contributed by atoms with Gasteiger partial charge in [0.15, 0.2) is 0 Å². The number of aromatic nitrogens is 1. The number of amidine groups is 1. The maximum absolute atomic E-state index is 12.0. The number of aliphatic hydroxyl groups is 1. The molecule has 0 fully saturated rings. The number of H-pyrrole nitrogens is 1. The second-order valence-electron chi connectivity index (χ2n) is 4.69. The van der Waals surface area contributed by atoms with Gasteiger partial charge >= 0.3 is 0 Å². The van der Waals surface area contributed by atoms with Crippen LogP contribution < -0.4 is 10.9 Å². The van der Waals surface area contributed by atoms with Crippen molar-refractivity contribution in [3.63, 3.8) is 0 Å². The molecule has 0 aromatic carbocycles. The van der Waals surface area contributed by atoms with Crippen molar-refractivity contribution in [3.8, 4) is 0 Å². The first kappa shape index (κ1) is 13.8. The summed E-state index contributed by atoms with van der Waals surface area (Å²) in [6, 6.07) is 1.16. The molecule has 1 aromatic heterocycles. The summed E-state index contributed by atoms with van der Waals surface area (Å²) in [4.78, 5) is 13.5. The molecular formula is C11H15N3O4S. The van der Waals surface area contributed by atoms with Gasteiger partial charge in [0, 0.05) is 17.7 Å². The fraction of sp³-hybridized carbons (Fsp3) is 0.455. The van der Waals surface area contributed by atoms with Crippen molar-refractivity contribution < 1.29 is 13.5 Å². The lowest BCUT2D eigenvalue weighted by atomic mass is 9.87. The van der Waals surface area contributed by atoms with Crippen LogP contribution in [-0.2, 0) is 10.0 Å². The Hall–Kier alpha value is -1.67. The van der Waals surface area contributed by atoms with Crippen LogP contribution in [0.2, 0.25) is 0 Å². The van der Waals surface area contributed by atoms with Crippen LogP contribution in [0.3, 0.4) is 0 Å². The van der Waals surface area contributed by atoms with Crippen molar-refractivity contribution >= 4 is 21.5 Å². The van der Waals surface area contributed by atoms with Crippen LogP contribution in [-0.4, -0.2) is 31.0 Å². The number of anilines is 1. The standard InChI is InChI=1S/C11H15N3O4S/c1-3-11(2,6-15)10-13-7-4-9(16)12-5-8(7)19(17,18)14-10/h4-5,15H,3,6H2,1-2H3,(H,12,16)(H,13,14). The lowest BCUT2D eigenvalue weighted by Gasteiger charge is -2.30. The van der Waals surface area contributed by atoms with E-state index in [1.54, 1.807) is 6.92 Å².